The van der Waals surface area contributed by atoms with E-state index in [4.69, 9.17) is 32.7 Å². The number of aliphatic hydroxyl groups excluding tert-OH is 2. The SMILES string of the molecule is C[C@@H]1C(=O)O[C@@H](C)/C=C/C=C\[C@@H](C)[C@@H]2/C=C\CC[C@H]3CC(C)(C)[C@H](OCC(O)CO)[C@@H](C)[C@H]3[C@@H]2C(=O)C(Cl)(Cl)C1=O. The van der Waals surface area contributed by atoms with Crippen LogP contribution in [0.4, 0.5) is 0 Å². The first kappa shape index (κ1) is 34.0. The summed E-state index contributed by atoms with van der Waals surface area (Å²) < 4.78 is 9.19. The molecule has 2 N–H and O–H groups in total. The van der Waals surface area contributed by atoms with Crippen LogP contribution < -0.4 is 0 Å². The maximum absolute atomic E-state index is 14.6. The number of cyclic esters (lactones) is 1. The number of carbonyl (C=O) groups excluding carboxylic acids is 3. The number of rotatable bonds is 4. The fourth-order valence-corrected chi connectivity index (χ4v) is 7.82. The molecule has 0 spiro atoms. The quantitative estimate of drug-likeness (QED) is 0.193. The van der Waals surface area contributed by atoms with Crippen LogP contribution >= 0.6 is 23.2 Å². The summed E-state index contributed by atoms with van der Waals surface area (Å²) in [5.41, 5.74) is -0.279. The Kier molecular flexibility index (Phi) is 11.5. The first-order valence-electron chi connectivity index (χ1n) is 14.7. The van der Waals surface area contributed by atoms with Gasteiger partial charge < -0.3 is 19.7 Å². The van der Waals surface area contributed by atoms with E-state index in [9.17, 15) is 24.6 Å². The van der Waals surface area contributed by atoms with Gasteiger partial charge in [-0.15, -0.1) is 0 Å². The molecular formula is C32H46Cl2O7. The molecule has 7 nitrogen and oxygen atoms in total. The van der Waals surface area contributed by atoms with Crippen molar-refractivity contribution in [3.8, 4) is 0 Å². The van der Waals surface area contributed by atoms with Gasteiger partial charge in [0.25, 0.3) is 0 Å². The lowest BCUT2D eigenvalue weighted by Gasteiger charge is -2.54. The fourth-order valence-electron chi connectivity index (χ4n) is 7.24. The van der Waals surface area contributed by atoms with E-state index in [0.717, 1.165) is 19.3 Å². The summed E-state index contributed by atoms with van der Waals surface area (Å²) in [4.78, 5) is 40.9. The minimum atomic E-state index is -2.46. The van der Waals surface area contributed by atoms with Crippen molar-refractivity contribution >= 4 is 40.7 Å². The number of hydrogen-bond donors (Lipinski definition) is 2. The van der Waals surface area contributed by atoms with Gasteiger partial charge in [0.1, 0.15) is 18.1 Å². The molecule has 1 saturated carbocycles. The van der Waals surface area contributed by atoms with Crippen LogP contribution in [0.15, 0.2) is 36.5 Å². The number of alkyl halides is 2. The zero-order valence-corrected chi connectivity index (χ0v) is 26.5. The van der Waals surface area contributed by atoms with Crippen LogP contribution in [0.2, 0.25) is 0 Å². The van der Waals surface area contributed by atoms with Crippen molar-refractivity contribution in [3.63, 3.8) is 0 Å². The van der Waals surface area contributed by atoms with Gasteiger partial charge in [0.15, 0.2) is 11.6 Å². The van der Waals surface area contributed by atoms with Crippen LogP contribution in [-0.2, 0) is 23.9 Å². The number of esters is 1. The van der Waals surface area contributed by atoms with Crippen LogP contribution in [0.3, 0.4) is 0 Å². The molecule has 41 heavy (non-hydrogen) atoms. The van der Waals surface area contributed by atoms with Crippen LogP contribution in [0.1, 0.15) is 60.8 Å². The van der Waals surface area contributed by atoms with E-state index in [2.05, 4.69) is 26.0 Å². The maximum Gasteiger partial charge on any atom is 0.316 e. The number of hydrogen-bond acceptors (Lipinski definition) is 7. The minimum absolute atomic E-state index is 0.0365. The molecule has 0 aromatic rings. The van der Waals surface area contributed by atoms with Gasteiger partial charge in [0, 0.05) is 5.92 Å². The topological polar surface area (TPSA) is 110 Å². The highest BCUT2D eigenvalue weighted by atomic mass is 35.5. The molecule has 10 atom stereocenters. The number of allylic oxidation sites excluding steroid dienone is 5. The molecule has 0 aromatic heterocycles. The summed E-state index contributed by atoms with van der Waals surface area (Å²) >= 11 is 13.4. The summed E-state index contributed by atoms with van der Waals surface area (Å²) in [6.07, 6.45) is 12.1. The average molecular weight is 614 g/mol. The first-order chi connectivity index (χ1) is 19.1. The van der Waals surface area contributed by atoms with Crippen molar-refractivity contribution in [1.82, 2.24) is 0 Å². The Morgan fingerprint density at radius 1 is 1.05 bits per heavy atom. The highest BCUT2D eigenvalue weighted by Crippen LogP contribution is 2.55. The number of Topliss-reactive ketones (excluding diaryl/α,β-unsaturated/α-hetero) is 2. The number of aliphatic hydroxyl groups is 2. The molecule has 1 fully saturated rings. The Hall–Kier alpha value is -1.51. The third-order valence-electron chi connectivity index (χ3n) is 9.24. The van der Waals surface area contributed by atoms with Crippen molar-refractivity contribution in [2.75, 3.05) is 13.2 Å². The lowest BCUT2D eigenvalue weighted by Crippen LogP contribution is -2.57. The van der Waals surface area contributed by atoms with Gasteiger partial charge >= 0.3 is 5.97 Å². The summed E-state index contributed by atoms with van der Waals surface area (Å²) in [5.74, 6) is -5.12. The van der Waals surface area contributed by atoms with E-state index < -0.39 is 52.5 Å². The van der Waals surface area contributed by atoms with Crippen LogP contribution in [0, 0.1) is 46.8 Å². The molecular weight excluding hydrogens is 567 g/mol. The predicted molar refractivity (Wildman–Crippen MR) is 159 cm³/mol. The van der Waals surface area contributed by atoms with Gasteiger partial charge in [-0.05, 0) is 74.2 Å². The Bertz CT molecular complexity index is 1050. The number of fused-ring (bicyclic) bond motifs is 3. The largest absolute Gasteiger partial charge is 0.458 e. The van der Waals surface area contributed by atoms with Gasteiger partial charge in [-0.1, -0.05) is 81.3 Å². The van der Waals surface area contributed by atoms with Gasteiger partial charge in [0.05, 0.1) is 19.3 Å². The lowest BCUT2D eigenvalue weighted by atomic mass is 9.53. The first-order valence-corrected chi connectivity index (χ1v) is 15.5. The zero-order valence-electron chi connectivity index (χ0n) is 25.0. The second kappa shape index (κ2) is 13.9. The van der Waals surface area contributed by atoms with Gasteiger partial charge in [-0.2, -0.15) is 0 Å². The summed E-state index contributed by atoms with van der Waals surface area (Å²) in [7, 11) is 0. The van der Waals surface area contributed by atoms with Gasteiger partial charge in [-0.25, -0.2) is 0 Å². The fraction of sp³-hybridized carbons (Fsp3) is 0.719. The number of halogens is 2. The van der Waals surface area contributed by atoms with Crippen LogP contribution in [0.25, 0.3) is 0 Å². The van der Waals surface area contributed by atoms with Crippen molar-refractivity contribution < 1.29 is 34.1 Å². The van der Waals surface area contributed by atoms with Crippen molar-refractivity contribution in [3.05, 3.63) is 36.5 Å². The van der Waals surface area contributed by atoms with Gasteiger partial charge in [0.2, 0.25) is 4.33 Å². The second-order valence-electron chi connectivity index (χ2n) is 12.9. The molecule has 0 bridgehead atoms. The monoisotopic (exact) mass is 612 g/mol. The zero-order chi connectivity index (χ0) is 30.7. The van der Waals surface area contributed by atoms with Crippen LogP contribution in [0.5, 0.6) is 0 Å². The third kappa shape index (κ3) is 7.53. The van der Waals surface area contributed by atoms with Gasteiger partial charge in [-0.3, -0.25) is 14.4 Å². The Labute approximate surface area is 254 Å². The normalized spacial score (nSPS) is 40.9. The Morgan fingerprint density at radius 2 is 1.71 bits per heavy atom. The molecule has 3 aliphatic rings. The van der Waals surface area contributed by atoms with E-state index in [-0.39, 0.29) is 47.7 Å². The Balaban J connectivity index is 2.17. The number of ether oxygens (including phenoxy) is 2. The van der Waals surface area contributed by atoms with E-state index in [0.29, 0.717) is 0 Å². The van der Waals surface area contributed by atoms with E-state index in [1.165, 1.54) is 6.92 Å². The lowest BCUT2D eigenvalue weighted by molar-refractivity contribution is -0.160. The highest BCUT2D eigenvalue weighted by molar-refractivity contribution is 6.68. The molecule has 1 unspecified atom stereocenters. The van der Waals surface area contributed by atoms with Crippen LogP contribution in [-0.4, -0.2) is 63.6 Å². The minimum Gasteiger partial charge on any atom is -0.458 e. The summed E-state index contributed by atoms with van der Waals surface area (Å²) in [5, 5.41) is 19.4. The standard InChI is InChI=1S/C32H46Cl2O7/c1-18-11-7-8-12-19(2)41-30(39)21(4)27(37)32(33,34)28(38)26-24(18)14-10-9-13-22-15-31(5,6)29(20(3)25(22)26)40-17-23(36)16-35/h7-8,10-12,14,18-26,29,35-36H,9,13,15-17H2,1-6H3/b11-7-,12-8+,14-10-/t18-,19+,20+,21+,22+,23?,24+,25-,26-,29-/m1/s1. The second-order valence-corrected chi connectivity index (χ2v) is 14.2. The molecule has 1 aliphatic heterocycles. The third-order valence-corrected chi connectivity index (χ3v) is 9.99. The molecule has 1 heterocycles. The molecule has 3 rings (SSSR count). The molecule has 0 amide bonds. The van der Waals surface area contributed by atoms with E-state index >= 15 is 0 Å². The maximum atomic E-state index is 14.6. The average Bonchev–Trinajstić information content (AvgIpc) is 2.89. The number of ketones is 2. The molecule has 0 saturated heterocycles. The van der Waals surface area contributed by atoms with Crippen molar-refractivity contribution in [2.24, 2.45) is 46.8 Å². The molecule has 0 radical (unpaired) electrons. The number of carbonyl (C=O) groups is 3. The molecule has 0 aromatic carbocycles. The van der Waals surface area contributed by atoms with Crippen molar-refractivity contribution in [2.45, 2.75) is 83.5 Å². The highest BCUT2D eigenvalue weighted by Gasteiger charge is 2.58. The molecule has 2 aliphatic carbocycles. The smallest absolute Gasteiger partial charge is 0.316 e. The van der Waals surface area contributed by atoms with E-state index in [1.807, 2.05) is 26.0 Å². The molecule has 230 valence electrons. The van der Waals surface area contributed by atoms with E-state index in [1.54, 1.807) is 19.1 Å². The predicted octanol–water partition coefficient (Wildman–Crippen LogP) is 5.25. The van der Waals surface area contributed by atoms with Crippen molar-refractivity contribution in [1.29, 1.82) is 0 Å². The summed E-state index contributed by atoms with van der Waals surface area (Å²) in [6, 6.07) is 0. The summed E-state index contributed by atoms with van der Waals surface area (Å²) in [6.45, 7) is 10.9. The Morgan fingerprint density at radius 3 is 2.37 bits per heavy atom. The molecule has 9 heteroatoms.